The molecule has 0 aromatic heterocycles. The molecule has 0 aliphatic heterocycles. The van der Waals surface area contributed by atoms with Gasteiger partial charge in [0.25, 0.3) is 0 Å². The van der Waals surface area contributed by atoms with Crippen LogP contribution in [0.4, 0.5) is 0 Å². The third-order valence-electron chi connectivity index (χ3n) is 3.98. The molecule has 3 nitrogen and oxygen atoms in total. The predicted octanol–water partition coefficient (Wildman–Crippen LogP) is 4.32. The Kier molecular flexibility index (Phi) is 5.75. The highest BCUT2D eigenvalue weighted by molar-refractivity contribution is 9.13. The van der Waals surface area contributed by atoms with Crippen LogP contribution in [-0.4, -0.2) is 25.4 Å². The van der Waals surface area contributed by atoms with Crippen molar-refractivity contribution in [1.82, 2.24) is 0 Å². The van der Waals surface area contributed by atoms with Gasteiger partial charge >= 0.3 is 0 Å². The zero-order chi connectivity index (χ0) is 14.7. The van der Waals surface area contributed by atoms with Gasteiger partial charge in [0, 0.05) is 4.47 Å². The lowest BCUT2D eigenvalue weighted by Crippen LogP contribution is -2.26. The molecular formula is C15H20Br2O3. The lowest BCUT2D eigenvalue weighted by Gasteiger charge is -2.28. The topological polar surface area (TPSA) is 38.7 Å². The number of hydrogen-bond donors (Lipinski definition) is 1. The van der Waals surface area contributed by atoms with Gasteiger partial charge in [-0.3, -0.25) is 0 Å². The molecule has 112 valence electrons. The lowest BCUT2D eigenvalue weighted by atomic mass is 9.82. The summed E-state index contributed by atoms with van der Waals surface area (Å²) in [5.74, 6) is 1.72. The van der Waals surface area contributed by atoms with E-state index in [1.54, 1.807) is 14.2 Å². The van der Waals surface area contributed by atoms with E-state index in [1.165, 1.54) is 6.42 Å². The van der Waals surface area contributed by atoms with E-state index in [0.29, 0.717) is 17.4 Å². The fourth-order valence-corrected chi connectivity index (χ4v) is 3.90. The van der Waals surface area contributed by atoms with Crippen LogP contribution in [0.1, 0.15) is 31.2 Å². The highest BCUT2D eigenvalue weighted by Crippen LogP contribution is 2.43. The number of methoxy groups -OCH3 is 2. The zero-order valence-corrected chi connectivity index (χ0v) is 15.0. The van der Waals surface area contributed by atoms with E-state index in [2.05, 4.69) is 31.9 Å². The third-order valence-corrected chi connectivity index (χ3v) is 6.17. The first-order chi connectivity index (χ1) is 9.58. The summed E-state index contributed by atoms with van der Waals surface area (Å²) in [7, 11) is 3.26. The fourth-order valence-electron chi connectivity index (χ4n) is 2.83. The Morgan fingerprint density at radius 3 is 2.45 bits per heavy atom. The predicted molar refractivity (Wildman–Crippen MR) is 86.6 cm³/mol. The second-order valence-corrected chi connectivity index (χ2v) is 6.80. The zero-order valence-electron chi connectivity index (χ0n) is 11.8. The van der Waals surface area contributed by atoms with Gasteiger partial charge in [0.05, 0.1) is 24.8 Å². The molecule has 20 heavy (non-hydrogen) atoms. The molecule has 5 heteroatoms. The van der Waals surface area contributed by atoms with Crippen LogP contribution in [0.2, 0.25) is 0 Å². The molecule has 1 aliphatic carbocycles. The van der Waals surface area contributed by atoms with E-state index in [1.807, 2.05) is 6.07 Å². The molecule has 1 aliphatic rings. The molecule has 0 amide bonds. The van der Waals surface area contributed by atoms with Gasteiger partial charge in [-0.1, -0.05) is 12.8 Å². The van der Waals surface area contributed by atoms with Crippen molar-refractivity contribution in [2.24, 2.45) is 5.92 Å². The Bertz CT molecular complexity index is 477. The summed E-state index contributed by atoms with van der Waals surface area (Å²) in [6.45, 7) is 0. The molecule has 0 spiro atoms. The highest BCUT2D eigenvalue weighted by atomic mass is 79.9. The van der Waals surface area contributed by atoms with E-state index in [4.69, 9.17) is 9.47 Å². The van der Waals surface area contributed by atoms with E-state index < -0.39 is 0 Å². The summed E-state index contributed by atoms with van der Waals surface area (Å²) in [5, 5.41) is 10.1. The summed E-state index contributed by atoms with van der Waals surface area (Å²) in [5.41, 5.74) is 1.14. The quantitative estimate of drug-likeness (QED) is 0.807. The molecule has 0 saturated heterocycles. The van der Waals surface area contributed by atoms with E-state index in [0.717, 1.165) is 40.2 Å². The standard InChI is InChI=1S/C15H20Br2O3/c1-19-12-8-10(13(16)14(17)15(12)20-2)7-9-5-3-4-6-11(9)18/h8-9,11,18H,3-7H2,1-2H3/t9?,11-/m0/s1. The van der Waals surface area contributed by atoms with Crippen molar-refractivity contribution < 1.29 is 14.6 Å². The number of aliphatic hydroxyl groups is 1. The van der Waals surface area contributed by atoms with E-state index in [-0.39, 0.29) is 6.10 Å². The molecule has 1 saturated carbocycles. The van der Waals surface area contributed by atoms with Crippen LogP contribution in [0, 0.1) is 5.92 Å². The first-order valence-electron chi connectivity index (χ1n) is 6.85. The van der Waals surface area contributed by atoms with Crippen LogP contribution in [0.25, 0.3) is 0 Å². The van der Waals surface area contributed by atoms with Crippen molar-refractivity contribution in [2.45, 2.75) is 38.2 Å². The monoisotopic (exact) mass is 406 g/mol. The van der Waals surface area contributed by atoms with Crippen molar-refractivity contribution in [1.29, 1.82) is 0 Å². The maximum atomic E-state index is 10.1. The van der Waals surface area contributed by atoms with Crippen molar-refractivity contribution in [3.8, 4) is 11.5 Å². The normalized spacial score (nSPS) is 22.6. The number of hydrogen-bond acceptors (Lipinski definition) is 3. The Labute approximate surface area is 136 Å². The molecule has 1 N–H and O–H groups in total. The molecule has 2 atom stereocenters. The van der Waals surface area contributed by atoms with Gasteiger partial charge in [-0.2, -0.15) is 0 Å². The molecular weight excluding hydrogens is 388 g/mol. The minimum Gasteiger partial charge on any atom is -0.493 e. The fraction of sp³-hybridized carbons (Fsp3) is 0.600. The SMILES string of the molecule is COc1cc(CC2CCCC[C@@H]2O)c(Br)c(Br)c1OC. The van der Waals surface area contributed by atoms with Crippen molar-refractivity contribution in [3.05, 3.63) is 20.6 Å². The van der Waals surface area contributed by atoms with E-state index in [9.17, 15) is 5.11 Å². The minimum absolute atomic E-state index is 0.192. The van der Waals surface area contributed by atoms with Crippen molar-refractivity contribution >= 4 is 31.9 Å². The Morgan fingerprint density at radius 2 is 1.85 bits per heavy atom. The molecule has 0 bridgehead atoms. The van der Waals surface area contributed by atoms with Crippen molar-refractivity contribution in [2.75, 3.05) is 14.2 Å². The average Bonchev–Trinajstić information content (AvgIpc) is 2.46. The van der Waals surface area contributed by atoms with E-state index >= 15 is 0 Å². The Morgan fingerprint density at radius 1 is 1.15 bits per heavy atom. The average molecular weight is 408 g/mol. The van der Waals surface area contributed by atoms with Crippen LogP contribution in [-0.2, 0) is 6.42 Å². The second-order valence-electron chi connectivity index (χ2n) is 5.22. The van der Waals surface area contributed by atoms with Crippen molar-refractivity contribution in [3.63, 3.8) is 0 Å². The van der Waals surface area contributed by atoms with Crippen LogP contribution in [0.3, 0.4) is 0 Å². The molecule has 1 fully saturated rings. The molecule has 1 aromatic rings. The first-order valence-corrected chi connectivity index (χ1v) is 8.44. The molecule has 0 radical (unpaired) electrons. The number of ether oxygens (including phenoxy) is 2. The minimum atomic E-state index is -0.192. The highest BCUT2D eigenvalue weighted by Gasteiger charge is 2.25. The second kappa shape index (κ2) is 7.14. The van der Waals surface area contributed by atoms with Crippen LogP contribution in [0.5, 0.6) is 11.5 Å². The number of aliphatic hydroxyl groups excluding tert-OH is 1. The maximum absolute atomic E-state index is 10.1. The summed E-state index contributed by atoms with van der Waals surface area (Å²) in [6.07, 6.45) is 4.99. The van der Waals surface area contributed by atoms with Gasteiger partial charge in [-0.05, 0) is 68.7 Å². The van der Waals surface area contributed by atoms with Crippen LogP contribution >= 0.6 is 31.9 Å². The molecule has 2 rings (SSSR count). The Hall–Kier alpha value is -0.260. The van der Waals surface area contributed by atoms with Gasteiger partial charge in [0.1, 0.15) is 0 Å². The number of benzene rings is 1. The lowest BCUT2D eigenvalue weighted by molar-refractivity contribution is 0.0699. The molecule has 0 heterocycles. The smallest absolute Gasteiger partial charge is 0.176 e. The maximum Gasteiger partial charge on any atom is 0.176 e. The first kappa shape index (κ1) is 16.1. The van der Waals surface area contributed by atoms with Gasteiger partial charge in [0.2, 0.25) is 0 Å². The van der Waals surface area contributed by atoms with Crippen LogP contribution < -0.4 is 9.47 Å². The summed E-state index contributed by atoms with van der Waals surface area (Å²) >= 11 is 7.17. The van der Waals surface area contributed by atoms with Gasteiger partial charge in [-0.25, -0.2) is 0 Å². The van der Waals surface area contributed by atoms with Crippen LogP contribution in [0.15, 0.2) is 15.0 Å². The third kappa shape index (κ3) is 3.31. The summed E-state index contributed by atoms with van der Waals surface area (Å²) in [4.78, 5) is 0. The summed E-state index contributed by atoms with van der Waals surface area (Å²) < 4.78 is 12.6. The number of rotatable bonds is 4. The molecule has 1 aromatic carbocycles. The molecule has 1 unspecified atom stereocenters. The van der Waals surface area contributed by atoms with Gasteiger partial charge in [0.15, 0.2) is 11.5 Å². The summed E-state index contributed by atoms with van der Waals surface area (Å²) in [6, 6.07) is 2.00. The van der Waals surface area contributed by atoms with Gasteiger partial charge < -0.3 is 14.6 Å². The van der Waals surface area contributed by atoms with Gasteiger partial charge in [-0.15, -0.1) is 0 Å². The number of halogens is 2. The largest absolute Gasteiger partial charge is 0.493 e. The Balaban J connectivity index is 2.29.